The molecule has 0 radical (unpaired) electrons. The van der Waals surface area contributed by atoms with Gasteiger partial charge in [0.15, 0.2) is 0 Å². The molecule has 1 heterocycles. The van der Waals surface area contributed by atoms with E-state index in [9.17, 15) is 13.2 Å². The zero-order chi connectivity index (χ0) is 19.4. The smallest absolute Gasteiger partial charge is 0.264 e. The Hall–Kier alpha value is -2.09. The van der Waals surface area contributed by atoms with Crippen LogP contribution in [0.15, 0.2) is 53.4 Å². The first kappa shape index (κ1) is 19.7. The maximum atomic E-state index is 12.8. The molecule has 1 atom stereocenters. The summed E-state index contributed by atoms with van der Waals surface area (Å²) in [5, 5.41) is 3.06. The van der Waals surface area contributed by atoms with Crippen LogP contribution < -0.4 is 9.62 Å². The van der Waals surface area contributed by atoms with E-state index < -0.39 is 10.0 Å². The van der Waals surface area contributed by atoms with Crippen molar-refractivity contribution in [2.24, 2.45) is 0 Å². The number of sulfonamides is 1. The van der Waals surface area contributed by atoms with Crippen molar-refractivity contribution in [3.8, 4) is 0 Å². The zero-order valence-electron chi connectivity index (χ0n) is 14.9. The number of nitrogens with one attached hydrogen (secondary N) is 1. The molecule has 6 nitrogen and oxygen atoms in total. The fourth-order valence-corrected chi connectivity index (χ4v) is 4.29. The minimum absolute atomic E-state index is 0.0111. The molecule has 0 aliphatic carbocycles. The van der Waals surface area contributed by atoms with Crippen LogP contribution in [0, 0.1) is 0 Å². The highest BCUT2D eigenvalue weighted by atomic mass is 35.5. The summed E-state index contributed by atoms with van der Waals surface area (Å²) in [4.78, 5) is 12.7. The third-order valence-corrected chi connectivity index (χ3v) is 6.60. The van der Waals surface area contributed by atoms with Crippen molar-refractivity contribution in [2.45, 2.75) is 23.8 Å². The van der Waals surface area contributed by atoms with Crippen LogP contribution in [0.4, 0.5) is 5.69 Å². The normalized spacial score (nSPS) is 16.9. The van der Waals surface area contributed by atoms with Gasteiger partial charge in [0.2, 0.25) is 0 Å². The van der Waals surface area contributed by atoms with Gasteiger partial charge in [0.25, 0.3) is 15.9 Å². The molecule has 0 spiro atoms. The Kier molecular flexibility index (Phi) is 6.04. The first-order valence-electron chi connectivity index (χ1n) is 8.63. The van der Waals surface area contributed by atoms with Crippen LogP contribution in [0.2, 0.25) is 5.02 Å². The lowest BCUT2D eigenvalue weighted by molar-refractivity contribution is 0.0858. The number of benzene rings is 2. The van der Waals surface area contributed by atoms with Gasteiger partial charge in [-0.1, -0.05) is 29.8 Å². The number of anilines is 1. The van der Waals surface area contributed by atoms with Crippen molar-refractivity contribution in [3.05, 3.63) is 59.1 Å². The van der Waals surface area contributed by atoms with E-state index in [1.807, 2.05) is 0 Å². The number of rotatable bonds is 6. The Morgan fingerprint density at radius 1 is 1.26 bits per heavy atom. The fraction of sp³-hybridized carbons (Fsp3) is 0.316. The van der Waals surface area contributed by atoms with Crippen LogP contribution in [0.5, 0.6) is 0 Å². The molecule has 3 rings (SSSR count). The van der Waals surface area contributed by atoms with Gasteiger partial charge in [-0.25, -0.2) is 8.42 Å². The number of halogens is 1. The molecule has 0 aromatic heterocycles. The number of carbonyl (C=O) groups excluding carboxylic acids is 1. The summed E-state index contributed by atoms with van der Waals surface area (Å²) in [5.74, 6) is -0.358. The SMILES string of the molecule is CN(c1ccc(Cl)c(C(=O)NCC2CCCO2)c1)S(=O)(=O)c1ccccc1. The second-order valence-electron chi connectivity index (χ2n) is 6.29. The van der Waals surface area contributed by atoms with Crippen LogP contribution in [0.1, 0.15) is 23.2 Å². The zero-order valence-corrected chi connectivity index (χ0v) is 16.5. The Labute approximate surface area is 164 Å². The van der Waals surface area contributed by atoms with Crippen molar-refractivity contribution in [1.82, 2.24) is 5.32 Å². The van der Waals surface area contributed by atoms with Gasteiger partial charge in [0.1, 0.15) is 0 Å². The molecule has 8 heteroatoms. The molecule has 0 bridgehead atoms. The van der Waals surface area contributed by atoms with Crippen LogP contribution in [-0.4, -0.2) is 40.6 Å². The second-order valence-corrected chi connectivity index (χ2v) is 8.67. The standard InChI is InChI=1S/C19H21ClN2O4S/c1-22(27(24,25)16-7-3-2-4-8-16)14-9-10-18(20)17(12-14)19(23)21-13-15-6-5-11-26-15/h2-4,7-10,12,15H,5-6,11,13H2,1H3,(H,21,23). The first-order chi connectivity index (χ1) is 12.9. The first-order valence-corrected chi connectivity index (χ1v) is 10.4. The van der Waals surface area contributed by atoms with Crippen LogP contribution in [-0.2, 0) is 14.8 Å². The lowest BCUT2D eigenvalue weighted by Gasteiger charge is -2.20. The molecule has 2 aromatic carbocycles. The summed E-state index contributed by atoms with van der Waals surface area (Å²) >= 11 is 6.16. The van der Waals surface area contributed by atoms with Crippen molar-refractivity contribution in [1.29, 1.82) is 0 Å². The predicted octanol–water partition coefficient (Wildman–Crippen LogP) is 3.07. The highest BCUT2D eigenvalue weighted by Crippen LogP contribution is 2.27. The van der Waals surface area contributed by atoms with Gasteiger partial charge in [0.05, 0.1) is 27.3 Å². The minimum Gasteiger partial charge on any atom is -0.376 e. The molecule has 1 aliphatic rings. The molecule has 0 saturated carbocycles. The molecule has 27 heavy (non-hydrogen) atoms. The molecule has 1 N–H and O–H groups in total. The van der Waals surface area contributed by atoms with Crippen molar-refractivity contribution in [3.63, 3.8) is 0 Å². The topological polar surface area (TPSA) is 75.7 Å². The summed E-state index contributed by atoms with van der Waals surface area (Å²) in [7, 11) is -2.29. The highest BCUT2D eigenvalue weighted by Gasteiger charge is 2.23. The largest absolute Gasteiger partial charge is 0.376 e. The second kappa shape index (κ2) is 8.29. The molecule has 2 aromatic rings. The minimum atomic E-state index is -3.73. The third kappa shape index (κ3) is 4.43. The van der Waals surface area contributed by atoms with Crippen molar-refractivity contribution < 1.29 is 17.9 Å². The maximum Gasteiger partial charge on any atom is 0.264 e. The number of carbonyl (C=O) groups is 1. The van der Waals surface area contributed by atoms with Crippen LogP contribution in [0.3, 0.4) is 0 Å². The van der Waals surface area contributed by atoms with Gasteiger partial charge in [-0.15, -0.1) is 0 Å². The highest BCUT2D eigenvalue weighted by molar-refractivity contribution is 7.92. The summed E-state index contributed by atoms with van der Waals surface area (Å²) in [5.41, 5.74) is 0.577. The molecule has 144 valence electrons. The van der Waals surface area contributed by atoms with Gasteiger partial charge < -0.3 is 10.1 Å². The molecule has 1 aliphatic heterocycles. The molecular weight excluding hydrogens is 388 g/mol. The fourth-order valence-electron chi connectivity index (χ4n) is 2.88. The Morgan fingerprint density at radius 2 is 2.00 bits per heavy atom. The van der Waals surface area contributed by atoms with E-state index in [1.54, 1.807) is 24.3 Å². The molecule has 1 saturated heterocycles. The number of ether oxygens (including phenoxy) is 1. The van der Waals surface area contributed by atoms with E-state index in [-0.39, 0.29) is 27.5 Å². The van der Waals surface area contributed by atoms with Crippen molar-refractivity contribution in [2.75, 3.05) is 24.5 Å². The predicted molar refractivity (Wildman–Crippen MR) is 105 cm³/mol. The summed E-state index contributed by atoms with van der Waals surface area (Å²) in [6.07, 6.45) is 1.91. The number of amides is 1. The van der Waals surface area contributed by atoms with Crippen molar-refractivity contribution >= 4 is 33.2 Å². The quantitative estimate of drug-likeness (QED) is 0.796. The van der Waals surface area contributed by atoms with Crippen LogP contribution in [0.25, 0.3) is 0 Å². The van der Waals surface area contributed by atoms with E-state index in [2.05, 4.69) is 5.32 Å². The van der Waals surface area contributed by atoms with Crippen LogP contribution >= 0.6 is 11.6 Å². The Morgan fingerprint density at radius 3 is 2.67 bits per heavy atom. The average Bonchev–Trinajstić information content (AvgIpc) is 3.20. The Bertz CT molecular complexity index is 913. The summed E-state index contributed by atoms with van der Waals surface area (Å²) in [6.45, 7) is 1.11. The van der Waals surface area contributed by atoms with E-state index in [0.717, 1.165) is 17.1 Å². The van der Waals surface area contributed by atoms with Gasteiger partial charge in [0, 0.05) is 20.2 Å². The third-order valence-electron chi connectivity index (χ3n) is 4.47. The van der Waals surface area contributed by atoms with E-state index in [1.165, 1.54) is 31.3 Å². The van der Waals surface area contributed by atoms with E-state index >= 15 is 0 Å². The summed E-state index contributed by atoms with van der Waals surface area (Å²) in [6, 6.07) is 12.7. The molecular formula is C19H21ClN2O4S. The number of nitrogens with zero attached hydrogens (tertiary/aromatic N) is 1. The van der Waals surface area contributed by atoms with E-state index in [0.29, 0.717) is 18.8 Å². The lowest BCUT2D eigenvalue weighted by atomic mass is 10.1. The summed E-state index contributed by atoms with van der Waals surface area (Å²) < 4.78 is 32.2. The monoisotopic (exact) mass is 408 g/mol. The number of hydrogen-bond donors (Lipinski definition) is 1. The number of hydrogen-bond acceptors (Lipinski definition) is 4. The van der Waals surface area contributed by atoms with Gasteiger partial charge in [-0.05, 0) is 43.2 Å². The molecule has 1 amide bonds. The molecule has 1 fully saturated rings. The molecule has 1 unspecified atom stereocenters. The van der Waals surface area contributed by atoms with E-state index in [4.69, 9.17) is 16.3 Å². The lowest BCUT2D eigenvalue weighted by Crippen LogP contribution is -2.32. The average molecular weight is 409 g/mol. The van der Waals surface area contributed by atoms with Gasteiger partial charge in [-0.2, -0.15) is 0 Å². The van der Waals surface area contributed by atoms with Gasteiger partial charge >= 0.3 is 0 Å². The maximum absolute atomic E-state index is 12.8. The Balaban J connectivity index is 1.80. The van der Waals surface area contributed by atoms with Gasteiger partial charge in [-0.3, -0.25) is 9.10 Å².